The van der Waals surface area contributed by atoms with Crippen molar-refractivity contribution < 1.29 is 33.4 Å². The third-order valence-electron chi connectivity index (χ3n) is 5.22. The Labute approximate surface area is 225 Å². The van der Waals surface area contributed by atoms with E-state index in [0.717, 1.165) is 11.1 Å². The molecule has 0 aliphatic carbocycles. The van der Waals surface area contributed by atoms with Crippen LogP contribution in [0.5, 0.6) is 0 Å². The quantitative estimate of drug-likeness (QED) is 0.209. The van der Waals surface area contributed by atoms with Gasteiger partial charge in [-0.15, -0.1) is 0 Å². The van der Waals surface area contributed by atoms with Gasteiger partial charge < -0.3 is 24.9 Å². The van der Waals surface area contributed by atoms with E-state index in [4.69, 9.17) is 9.47 Å². The van der Waals surface area contributed by atoms with E-state index in [1.54, 1.807) is 40.7 Å². The molecule has 0 aliphatic heterocycles. The van der Waals surface area contributed by atoms with E-state index in [2.05, 4.69) is 10.6 Å². The molecule has 0 aliphatic rings. The van der Waals surface area contributed by atoms with Gasteiger partial charge in [0.2, 0.25) is 5.91 Å². The molecule has 0 unspecified atom stereocenters. The number of aldehydes is 1. The lowest BCUT2D eigenvalue weighted by molar-refractivity contribution is -0.157. The van der Waals surface area contributed by atoms with Crippen LogP contribution in [0.3, 0.4) is 0 Å². The highest BCUT2D eigenvalue weighted by Gasteiger charge is 2.32. The zero-order valence-electron chi connectivity index (χ0n) is 23.5. The number of hydrogen-bond acceptors (Lipinski definition) is 7. The number of alkyl carbamates (subject to hydrolysis) is 1. The summed E-state index contributed by atoms with van der Waals surface area (Å²) in [6, 6.07) is 7.29. The van der Waals surface area contributed by atoms with Gasteiger partial charge in [0.05, 0.1) is 18.4 Å². The van der Waals surface area contributed by atoms with Crippen LogP contribution in [0.15, 0.2) is 42.0 Å². The highest BCUT2D eigenvalue weighted by Crippen LogP contribution is 2.18. The molecule has 0 aromatic heterocycles. The van der Waals surface area contributed by atoms with Crippen LogP contribution in [0, 0.1) is 11.8 Å². The summed E-state index contributed by atoms with van der Waals surface area (Å²) in [4.78, 5) is 62.9. The van der Waals surface area contributed by atoms with Crippen molar-refractivity contribution in [2.75, 3.05) is 0 Å². The molecule has 2 amide bonds. The Bertz CT molecular complexity index is 976. The van der Waals surface area contributed by atoms with Gasteiger partial charge in [-0.25, -0.2) is 4.79 Å². The number of carbonyl (C=O) groups excluding carboxylic acids is 5. The van der Waals surface area contributed by atoms with E-state index in [9.17, 15) is 24.0 Å². The third kappa shape index (κ3) is 13.7. The minimum absolute atomic E-state index is 0.0381. The molecule has 210 valence electrons. The number of allylic oxidation sites excluding steroid dienone is 1. The molecule has 0 saturated carbocycles. The summed E-state index contributed by atoms with van der Waals surface area (Å²) < 4.78 is 10.6. The summed E-state index contributed by atoms with van der Waals surface area (Å²) in [5, 5.41) is 5.18. The fourth-order valence-electron chi connectivity index (χ4n) is 3.63. The molecular weight excluding hydrogens is 488 g/mol. The Morgan fingerprint density at radius 3 is 2.13 bits per heavy atom. The van der Waals surface area contributed by atoms with Crippen LogP contribution in [0.2, 0.25) is 0 Å². The lowest BCUT2D eigenvalue weighted by atomic mass is 9.91. The second-order valence-corrected chi connectivity index (χ2v) is 11.0. The number of Topliss-reactive ketones (excluding diaryl/α,β-unsaturated/α-hetero) is 1. The highest BCUT2D eigenvalue weighted by atomic mass is 16.6. The summed E-state index contributed by atoms with van der Waals surface area (Å²) in [5.41, 5.74) is 0.835. The number of hydrogen-bond donors (Lipinski definition) is 2. The Kier molecular flexibility index (Phi) is 13.4. The van der Waals surface area contributed by atoms with Gasteiger partial charge in [0.1, 0.15) is 24.5 Å². The van der Waals surface area contributed by atoms with Gasteiger partial charge in [-0.1, -0.05) is 55.8 Å². The van der Waals surface area contributed by atoms with Crippen LogP contribution < -0.4 is 10.6 Å². The van der Waals surface area contributed by atoms with Crippen molar-refractivity contribution >= 4 is 30.0 Å². The maximum Gasteiger partial charge on any atom is 0.408 e. The zero-order chi connectivity index (χ0) is 28.9. The molecule has 0 heterocycles. The van der Waals surface area contributed by atoms with Crippen LogP contribution in [0.1, 0.15) is 73.3 Å². The standard InChI is InChI=1S/C29H42N2O7/c1-19(2)13-23(17-32)30-27(35)22(16-26(34)38-29(5,6)7)15-25(33)24(14-20(3)4)31-28(36)37-18-21-11-9-8-10-12-21/h8-13,17,20,22-24H,14-16,18H2,1-7H3,(H,30,35)(H,31,36)/t22-,23-,24-/m0/s1. The van der Waals surface area contributed by atoms with Gasteiger partial charge in [-0.3, -0.25) is 14.4 Å². The lowest BCUT2D eigenvalue weighted by Crippen LogP contribution is -2.45. The second kappa shape index (κ2) is 15.7. The average molecular weight is 531 g/mol. The summed E-state index contributed by atoms with van der Waals surface area (Å²) in [7, 11) is 0. The molecule has 1 aromatic carbocycles. The Hall–Kier alpha value is -3.49. The molecule has 1 rings (SSSR count). The van der Waals surface area contributed by atoms with Crippen molar-refractivity contribution in [1.82, 2.24) is 10.6 Å². The largest absolute Gasteiger partial charge is 0.460 e. The Balaban J connectivity index is 3.03. The average Bonchev–Trinajstić information content (AvgIpc) is 2.80. The predicted octanol–water partition coefficient (Wildman–Crippen LogP) is 4.28. The number of amides is 2. The van der Waals surface area contributed by atoms with Gasteiger partial charge in [0.15, 0.2) is 5.78 Å². The maximum absolute atomic E-state index is 13.3. The van der Waals surface area contributed by atoms with Gasteiger partial charge in [0, 0.05) is 6.42 Å². The lowest BCUT2D eigenvalue weighted by Gasteiger charge is -2.24. The monoisotopic (exact) mass is 530 g/mol. The number of ketones is 1. The minimum atomic E-state index is -1.10. The first kappa shape index (κ1) is 32.5. The highest BCUT2D eigenvalue weighted by molar-refractivity contribution is 5.94. The fraction of sp³-hybridized carbons (Fsp3) is 0.552. The number of rotatable bonds is 14. The molecule has 0 spiro atoms. The minimum Gasteiger partial charge on any atom is -0.460 e. The van der Waals surface area contributed by atoms with Crippen molar-refractivity contribution in [3.8, 4) is 0 Å². The molecule has 0 radical (unpaired) electrons. The SMILES string of the molecule is CC(C)=C[C@@H](C=O)NC(=O)[C@H](CC(=O)OC(C)(C)C)CC(=O)[C@H](CC(C)C)NC(=O)OCc1ccccc1. The third-order valence-corrected chi connectivity index (χ3v) is 5.22. The van der Waals surface area contributed by atoms with E-state index in [1.807, 2.05) is 44.2 Å². The van der Waals surface area contributed by atoms with Crippen LogP contribution in [0.4, 0.5) is 4.79 Å². The van der Waals surface area contributed by atoms with Crippen LogP contribution in [-0.4, -0.2) is 47.7 Å². The van der Waals surface area contributed by atoms with Gasteiger partial charge in [-0.2, -0.15) is 0 Å². The Morgan fingerprint density at radius 2 is 1.61 bits per heavy atom. The van der Waals surface area contributed by atoms with Crippen molar-refractivity contribution in [2.24, 2.45) is 11.8 Å². The first-order valence-electron chi connectivity index (χ1n) is 12.8. The van der Waals surface area contributed by atoms with Gasteiger partial charge in [0.25, 0.3) is 0 Å². The first-order valence-corrected chi connectivity index (χ1v) is 12.8. The summed E-state index contributed by atoms with van der Waals surface area (Å²) in [6.45, 7) is 12.5. The summed E-state index contributed by atoms with van der Waals surface area (Å²) in [5.74, 6) is -2.75. The van der Waals surface area contributed by atoms with E-state index < -0.39 is 47.4 Å². The van der Waals surface area contributed by atoms with Gasteiger partial charge >= 0.3 is 12.1 Å². The number of carbonyl (C=O) groups is 5. The summed E-state index contributed by atoms with van der Waals surface area (Å²) >= 11 is 0. The van der Waals surface area contributed by atoms with Crippen LogP contribution >= 0.6 is 0 Å². The first-order chi connectivity index (χ1) is 17.7. The van der Waals surface area contributed by atoms with Crippen molar-refractivity contribution in [1.29, 1.82) is 0 Å². The van der Waals surface area contributed by atoms with E-state index in [0.29, 0.717) is 12.7 Å². The molecule has 0 fully saturated rings. The molecule has 38 heavy (non-hydrogen) atoms. The summed E-state index contributed by atoms with van der Waals surface area (Å²) in [6.07, 6.45) is 1.01. The molecule has 9 nitrogen and oxygen atoms in total. The number of nitrogens with one attached hydrogen (secondary N) is 2. The number of esters is 1. The van der Waals surface area contributed by atoms with Crippen molar-refractivity contribution in [2.45, 2.75) is 92.0 Å². The molecular formula is C29H42N2O7. The number of ether oxygens (including phenoxy) is 2. The smallest absolute Gasteiger partial charge is 0.408 e. The van der Waals surface area contributed by atoms with Crippen molar-refractivity contribution in [3.63, 3.8) is 0 Å². The van der Waals surface area contributed by atoms with E-state index in [-0.39, 0.29) is 25.4 Å². The topological polar surface area (TPSA) is 128 Å². The van der Waals surface area contributed by atoms with Crippen molar-refractivity contribution in [3.05, 3.63) is 47.5 Å². The van der Waals surface area contributed by atoms with E-state index >= 15 is 0 Å². The normalized spacial score (nSPS) is 13.5. The molecule has 2 N–H and O–H groups in total. The van der Waals surface area contributed by atoms with Crippen LogP contribution in [-0.2, 0) is 35.3 Å². The zero-order valence-corrected chi connectivity index (χ0v) is 23.5. The van der Waals surface area contributed by atoms with E-state index in [1.165, 1.54) is 0 Å². The molecule has 1 aromatic rings. The van der Waals surface area contributed by atoms with Gasteiger partial charge in [-0.05, 0) is 52.5 Å². The fourth-order valence-corrected chi connectivity index (χ4v) is 3.63. The molecule has 0 bridgehead atoms. The Morgan fingerprint density at radius 1 is 0.974 bits per heavy atom. The molecule has 3 atom stereocenters. The second-order valence-electron chi connectivity index (χ2n) is 11.0. The molecule has 9 heteroatoms. The van der Waals surface area contributed by atoms with Crippen LogP contribution in [0.25, 0.3) is 0 Å². The predicted molar refractivity (Wildman–Crippen MR) is 144 cm³/mol. The molecule has 0 saturated heterocycles. The number of benzene rings is 1. The maximum atomic E-state index is 13.3.